The van der Waals surface area contributed by atoms with Crippen LogP contribution in [-0.4, -0.2) is 39.1 Å². The molecule has 6 heteroatoms. The van der Waals surface area contributed by atoms with E-state index in [-0.39, 0.29) is 5.91 Å². The third-order valence-corrected chi connectivity index (χ3v) is 4.41. The zero-order valence-corrected chi connectivity index (χ0v) is 15.0. The smallest absolute Gasteiger partial charge is 0.227 e. The number of amides is 1. The van der Waals surface area contributed by atoms with E-state index < -0.39 is 5.41 Å². The summed E-state index contributed by atoms with van der Waals surface area (Å²) in [5.74, 6) is 1.26. The van der Waals surface area contributed by atoms with Gasteiger partial charge in [0, 0.05) is 32.1 Å². The zero-order chi connectivity index (χ0) is 16.6. The molecule has 0 bridgehead atoms. The Morgan fingerprint density at radius 3 is 2.68 bits per heavy atom. The second-order valence-electron chi connectivity index (χ2n) is 6.16. The summed E-state index contributed by atoms with van der Waals surface area (Å²) in [5, 5.41) is 11.3. The van der Waals surface area contributed by atoms with E-state index in [1.165, 1.54) is 4.88 Å². The summed E-state index contributed by atoms with van der Waals surface area (Å²) in [6, 6.07) is 4.25. The number of hydrogen-bond acceptors (Lipinski definition) is 3. The van der Waals surface area contributed by atoms with Crippen LogP contribution in [-0.2, 0) is 11.2 Å². The molecule has 0 aliphatic carbocycles. The summed E-state index contributed by atoms with van der Waals surface area (Å²) in [4.78, 5) is 17.4. The van der Waals surface area contributed by atoms with Gasteiger partial charge in [-0.1, -0.05) is 13.0 Å². The lowest BCUT2D eigenvalue weighted by atomic mass is 9.92. The van der Waals surface area contributed by atoms with Crippen molar-refractivity contribution in [3.63, 3.8) is 0 Å². The summed E-state index contributed by atoms with van der Waals surface area (Å²) < 4.78 is 0. The number of thiophene rings is 1. The molecule has 0 aliphatic heterocycles. The highest BCUT2D eigenvalue weighted by Gasteiger charge is 2.26. The third kappa shape index (κ3) is 6.05. The van der Waals surface area contributed by atoms with Crippen molar-refractivity contribution in [1.82, 2.24) is 16.0 Å². The fourth-order valence-electron chi connectivity index (χ4n) is 2.06. The molecule has 0 saturated carbocycles. The van der Waals surface area contributed by atoms with Crippen LogP contribution >= 0.6 is 11.3 Å². The van der Waals surface area contributed by atoms with E-state index in [0.29, 0.717) is 12.5 Å². The van der Waals surface area contributed by atoms with Gasteiger partial charge in [-0.25, -0.2) is 0 Å². The van der Waals surface area contributed by atoms with Gasteiger partial charge in [0.1, 0.15) is 0 Å². The zero-order valence-electron chi connectivity index (χ0n) is 14.2. The van der Waals surface area contributed by atoms with Crippen LogP contribution in [0.3, 0.4) is 0 Å². The molecule has 0 aliphatic rings. The average Bonchev–Trinajstić information content (AvgIpc) is 2.99. The van der Waals surface area contributed by atoms with E-state index in [1.807, 2.05) is 13.8 Å². The first-order valence-corrected chi connectivity index (χ1v) is 8.46. The predicted octanol–water partition coefficient (Wildman–Crippen LogP) is 1.86. The molecule has 1 unspecified atom stereocenters. The molecule has 3 N–H and O–H groups in total. The largest absolute Gasteiger partial charge is 0.359 e. The Kier molecular flexibility index (Phi) is 7.38. The monoisotopic (exact) mass is 324 g/mol. The van der Waals surface area contributed by atoms with Crippen LogP contribution in [0, 0.1) is 11.3 Å². The number of carbonyl (C=O) groups is 1. The molecule has 124 valence electrons. The molecule has 5 nitrogen and oxygen atoms in total. The van der Waals surface area contributed by atoms with E-state index in [0.717, 1.165) is 18.9 Å². The highest BCUT2D eigenvalue weighted by atomic mass is 32.1. The summed E-state index contributed by atoms with van der Waals surface area (Å²) in [6.45, 7) is 7.41. The molecule has 1 heterocycles. The Labute approximate surface area is 137 Å². The van der Waals surface area contributed by atoms with Crippen molar-refractivity contribution in [1.29, 1.82) is 0 Å². The molecule has 0 spiro atoms. The summed E-state index contributed by atoms with van der Waals surface area (Å²) in [7, 11) is 3.40. The minimum Gasteiger partial charge on any atom is -0.359 e. The second kappa shape index (κ2) is 8.78. The van der Waals surface area contributed by atoms with Gasteiger partial charge in [-0.3, -0.25) is 9.79 Å². The van der Waals surface area contributed by atoms with Gasteiger partial charge in [0.2, 0.25) is 5.91 Å². The maximum atomic E-state index is 11.8. The topological polar surface area (TPSA) is 65.5 Å². The van der Waals surface area contributed by atoms with E-state index in [4.69, 9.17) is 0 Å². The highest BCUT2D eigenvalue weighted by Crippen LogP contribution is 2.14. The molecule has 1 amide bonds. The maximum Gasteiger partial charge on any atom is 0.227 e. The minimum absolute atomic E-state index is 0.0153. The molecule has 0 aromatic carbocycles. The lowest BCUT2D eigenvalue weighted by Gasteiger charge is -2.24. The van der Waals surface area contributed by atoms with Gasteiger partial charge >= 0.3 is 0 Å². The summed E-state index contributed by atoms with van der Waals surface area (Å²) in [6.07, 6.45) is 1.06. The fourth-order valence-corrected chi connectivity index (χ4v) is 2.93. The minimum atomic E-state index is -0.477. The van der Waals surface area contributed by atoms with Crippen LogP contribution in [0.5, 0.6) is 0 Å². The number of nitrogens with one attached hydrogen (secondary N) is 3. The average molecular weight is 324 g/mol. The van der Waals surface area contributed by atoms with Crippen molar-refractivity contribution in [2.75, 3.05) is 27.2 Å². The predicted molar refractivity (Wildman–Crippen MR) is 94.4 cm³/mol. The summed E-state index contributed by atoms with van der Waals surface area (Å²) in [5.41, 5.74) is -0.477. The molecule has 0 radical (unpaired) electrons. The molecule has 1 aromatic heterocycles. The van der Waals surface area contributed by atoms with Crippen molar-refractivity contribution >= 4 is 23.2 Å². The molecule has 1 rings (SSSR count). The first-order chi connectivity index (χ1) is 10.4. The van der Waals surface area contributed by atoms with E-state index in [2.05, 4.69) is 45.4 Å². The lowest BCUT2D eigenvalue weighted by Crippen LogP contribution is -2.47. The Balaban J connectivity index is 2.38. The van der Waals surface area contributed by atoms with Gasteiger partial charge in [-0.05, 0) is 37.6 Å². The van der Waals surface area contributed by atoms with Gasteiger partial charge in [0.25, 0.3) is 0 Å². The maximum absolute atomic E-state index is 11.8. The van der Waals surface area contributed by atoms with Crippen LogP contribution < -0.4 is 16.0 Å². The number of nitrogens with zero attached hydrogens (tertiary/aromatic N) is 1. The molecule has 1 aromatic rings. The Hall–Kier alpha value is -1.56. The van der Waals surface area contributed by atoms with Crippen LogP contribution in [0.2, 0.25) is 0 Å². The van der Waals surface area contributed by atoms with Crippen molar-refractivity contribution in [2.24, 2.45) is 16.3 Å². The Morgan fingerprint density at radius 2 is 2.14 bits per heavy atom. The highest BCUT2D eigenvalue weighted by molar-refractivity contribution is 7.09. The fraction of sp³-hybridized carbons (Fsp3) is 0.625. The third-order valence-electron chi connectivity index (χ3n) is 3.51. The SMILES string of the molecule is CN=C(NCC(C)Cc1cccs1)NCC(C)(C)C(=O)NC. The molecule has 0 fully saturated rings. The van der Waals surface area contributed by atoms with E-state index in [9.17, 15) is 4.79 Å². The van der Waals surface area contributed by atoms with Crippen LogP contribution in [0.25, 0.3) is 0 Å². The number of aliphatic imine (C=N–C) groups is 1. The number of rotatable bonds is 7. The van der Waals surface area contributed by atoms with Crippen LogP contribution in [0.15, 0.2) is 22.5 Å². The Bertz CT molecular complexity index is 482. The summed E-state index contributed by atoms with van der Waals surface area (Å²) >= 11 is 1.79. The molecular weight excluding hydrogens is 296 g/mol. The van der Waals surface area contributed by atoms with Gasteiger partial charge in [-0.15, -0.1) is 11.3 Å². The number of guanidine groups is 1. The molecule has 22 heavy (non-hydrogen) atoms. The normalized spacial score (nSPS) is 13.6. The van der Waals surface area contributed by atoms with Gasteiger partial charge in [0.05, 0.1) is 5.41 Å². The van der Waals surface area contributed by atoms with Crippen LogP contribution in [0.4, 0.5) is 0 Å². The first-order valence-electron chi connectivity index (χ1n) is 7.58. The lowest BCUT2D eigenvalue weighted by molar-refractivity contribution is -0.128. The standard InChI is InChI=1S/C16H28N4OS/c1-12(9-13-7-6-8-22-13)10-19-15(18-5)20-11-16(2,3)14(21)17-4/h6-8,12H,9-11H2,1-5H3,(H,17,21)(H2,18,19,20). The van der Waals surface area contributed by atoms with Crippen molar-refractivity contribution in [3.8, 4) is 0 Å². The first kappa shape index (κ1) is 18.5. The van der Waals surface area contributed by atoms with Gasteiger partial charge in [-0.2, -0.15) is 0 Å². The Morgan fingerprint density at radius 1 is 1.41 bits per heavy atom. The van der Waals surface area contributed by atoms with Crippen LogP contribution in [0.1, 0.15) is 25.6 Å². The number of hydrogen-bond donors (Lipinski definition) is 3. The number of carbonyl (C=O) groups excluding carboxylic acids is 1. The van der Waals surface area contributed by atoms with E-state index >= 15 is 0 Å². The van der Waals surface area contributed by atoms with Gasteiger partial charge in [0.15, 0.2) is 5.96 Å². The quantitative estimate of drug-likeness (QED) is 0.530. The van der Waals surface area contributed by atoms with Crippen molar-refractivity contribution < 1.29 is 4.79 Å². The van der Waals surface area contributed by atoms with Gasteiger partial charge < -0.3 is 16.0 Å². The van der Waals surface area contributed by atoms with Crippen molar-refractivity contribution in [2.45, 2.75) is 27.2 Å². The molecule has 1 atom stereocenters. The van der Waals surface area contributed by atoms with E-state index in [1.54, 1.807) is 25.4 Å². The second-order valence-corrected chi connectivity index (χ2v) is 7.19. The molecular formula is C16H28N4OS. The molecule has 0 saturated heterocycles. The van der Waals surface area contributed by atoms with Crippen molar-refractivity contribution in [3.05, 3.63) is 22.4 Å².